The number of carbonyl (C=O) groups excluding carboxylic acids is 2. The number of ketones is 2. The van der Waals surface area contributed by atoms with E-state index in [4.69, 9.17) is 5.26 Å². The summed E-state index contributed by atoms with van der Waals surface area (Å²) in [4.78, 5) is 27.6. The first kappa shape index (κ1) is 16.3. The third kappa shape index (κ3) is 4.66. The second-order valence-corrected chi connectivity index (χ2v) is 4.43. The minimum absolute atomic E-state index is 0.154. The molecule has 4 nitrogen and oxygen atoms in total. The molecule has 0 aliphatic rings. The third-order valence-corrected chi connectivity index (χ3v) is 2.80. The second kappa shape index (κ2) is 7.71. The molecule has 4 heteroatoms. The van der Waals surface area contributed by atoms with E-state index in [1.165, 1.54) is 6.92 Å². The maximum atomic E-state index is 12.1. The Hall–Kier alpha value is -2.80. The van der Waals surface area contributed by atoms with Crippen LogP contribution in [0.4, 0.5) is 0 Å². The number of rotatable bonds is 6. The van der Waals surface area contributed by atoms with Crippen molar-refractivity contribution in [3.05, 3.63) is 59.7 Å². The molecule has 0 radical (unpaired) electrons. The van der Waals surface area contributed by atoms with Crippen molar-refractivity contribution in [1.29, 1.82) is 5.26 Å². The lowest BCUT2D eigenvalue weighted by molar-refractivity contribution is 0.0975. The van der Waals surface area contributed by atoms with Gasteiger partial charge in [0.2, 0.25) is 0 Å². The number of hydrogen-bond donors (Lipinski definition) is 0. The van der Waals surface area contributed by atoms with Gasteiger partial charge in [-0.25, -0.2) is 0 Å². The number of benzene rings is 1. The van der Waals surface area contributed by atoms with Gasteiger partial charge in [0, 0.05) is 11.1 Å². The first-order valence-corrected chi connectivity index (χ1v) is 6.38. The molecule has 0 N–H and O–H groups in total. The van der Waals surface area contributed by atoms with Crippen LogP contribution in [0.3, 0.4) is 0 Å². The summed E-state index contributed by atoms with van der Waals surface area (Å²) >= 11 is 0. The fourth-order valence-electron chi connectivity index (χ4n) is 1.66. The van der Waals surface area contributed by atoms with Crippen molar-refractivity contribution in [2.45, 2.75) is 13.8 Å². The lowest BCUT2D eigenvalue weighted by Crippen LogP contribution is -2.10. The molecule has 0 saturated heterocycles. The average Bonchev–Trinajstić information content (AvgIpc) is 2.50. The van der Waals surface area contributed by atoms with Crippen LogP contribution in [-0.2, 0) is 0 Å². The van der Waals surface area contributed by atoms with Crippen molar-refractivity contribution in [2.24, 2.45) is 4.99 Å². The molecule has 0 unspecified atom stereocenters. The van der Waals surface area contributed by atoms with E-state index in [0.29, 0.717) is 11.1 Å². The number of carbonyl (C=O) groups is 2. The van der Waals surface area contributed by atoms with Crippen LogP contribution in [0.15, 0.2) is 53.6 Å². The Balaban J connectivity index is 3.00. The summed E-state index contributed by atoms with van der Waals surface area (Å²) in [5.74, 6) is -0.468. The number of nitrogens with zero attached hydrogens (tertiary/aromatic N) is 2. The Bertz CT molecular complexity index is 676. The van der Waals surface area contributed by atoms with Gasteiger partial charge >= 0.3 is 0 Å². The summed E-state index contributed by atoms with van der Waals surface area (Å²) in [5.41, 5.74) is 1.64. The minimum Gasteiger partial charge on any atom is -0.294 e. The van der Waals surface area contributed by atoms with E-state index in [2.05, 4.69) is 11.6 Å². The topological polar surface area (TPSA) is 70.3 Å². The zero-order chi connectivity index (χ0) is 15.8. The number of aliphatic imine (C=N–C) groups is 1. The van der Waals surface area contributed by atoms with E-state index in [9.17, 15) is 9.59 Å². The molecule has 0 fully saturated rings. The van der Waals surface area contributed by atoms with Crippen LogP contribution in [0, 0.1) is 11.3 Å². The van der Waals surface area contributed by atoms with Gasteiger partial charge in [-0.15, -0.1) is 0 Å². The fraction of sp³-hybridized carbons (Fsp3) is 0.176. The van der Waals surface area contributed by atoms with E-state index < -0.39 is 0 Å². The van der Waals surface area contributed by atoms with E-state index in [-0.39, 0.29) is 23.8 Å². The summed E-state index contributed by atoms with van der Waals surface area (Å²) in [6.07, 6.45) is 3.15. The Morgan fingerprint density at radius 2 is 1.90 bits per heavy atom. The normalized spacial score (nSPS) is 11.7. The van der Waals surface area contributed by atoms with Crippen LogP contribution in [-0.4, -0.2) is 23.8 Å². The molecular weight excluding hydrogens is 264 g/mol. The summed E-state index contributed by atoms with van der Waals surface area (Å²) in [6, 6.07) is 8.50. The molecule has 21 heavy (non-hydrogen) atoms. The number of allylic oxidation sites excluding steroid dienone is 3. The Morgan fingerprint density at radius 3 is 2.43 bits per heavy atom. The number of Topliss-reactive ketones (excluding diaryl/α,β-unsaturated/α-hetero) is 2. The fourth-order valence-corrected chi connectivity index (χ4v) is 1.66. The smallest absolute Gasteiger partial charge is 0.184 e. The zero-order valence-electron chi connectivity index (χ0n) is 12.1. The number of hydrogen-bond acceptors (Lipinski definition) is 4. The standard InChI is InChI=1S/C17H16N2O2/c1-4-12(2)9-14(10-18)19-11-17(21)16-8-6-5-7-15(16)13(3)20/h4-9H,1,11H2,2-3H3/b12-9-,19-14?. The van der Waals surface area contributed by atoms with E-state index in [1.54, 1.807) is 43.3 Å². The van der Waals surface area contributed by atoms with E-state index in [0.717, 1.165) is 5.57 Å². The third-order valence-electron chi connectivity index (χ3n) is 2.80. The van der Waals surface area contributed by atoms with Gasteiger partial charge in [-0.2, -0.15) is 5.26 Å². The van der Waals surface area contributed by atoms with Gasteiger partial charge in [-0.1, -0.05) is 36.9 Å². The quantitative estimate of drug-likeness (QED) is 0.456. The molecule has 0 heterocycles. The molecule has 0 aromatic heterocycles. The predicted molar refractivity (Wildman–Crippen MR) is 82.6 cm³/mol. The maximum absolute atomic E-state index is 12.1. The van der Waals surface area contributed by atoms with Crippen molar-refractivity contribution in [2.75, 3.05) is 6.54 Å². The van der Waals surface area contributed by atoms with Crippen LogP contribution in [0.25, 0.3) is 0 Å². The summed E-state index contributed by atoms with van der Waals surface area (Å²) in [5, 5.41) is 8.97. The van der Waals surface area contributed by atoms with Gasteiger partial charge in [0.25, 0.3) is 0 Å². The minimum atomic E-state index is -0.293. The summed E-state index contributed by atoms with van der Waals surface area (Å²) < 4.78 is 0. The van der Waals surface area contributed by atoms with E-state index in [1.807, 2.05) is 6.07 Å². The predicted octanol–water partition coefficient (Wildman–Crippen LogP) is 3.17. The Morgan fingerprint density at radius 1 is 1.29 bits per heavy atom. The maximum Gasteiger partial charge on any atom is 0.184 e. The molecule has 1 aromatic carbocycles. The highest BCUT2D eigenvalue weighted by molar-refractivity contribution is 6.11. The van der Waals surface area contributed by atoms with Gasteiger partial charge in [-0.3, -0.25) is 14.6 Å². The van der Waals surface area contributed by atoms with Crippen molar-refractivity contribution in [1.82, 2.24) is 0 Å². The van der Waals surface area contributed by atoms with Gasteiger partial charge < -0.3 is 0 Å². The van der Waals surface area contributed by atoms with Crippen molar-refractivity contribution in [3.63, 3.8) is 0 Å². The molecular formula is C17H16N2O2. The molecule has 0 spiro atoms. The highest BCUT2D eigenvalue weighted by atomic mass is 16.1. The van der Waals surface area contributed by atoms with Crippen LogP contribution >= 0.6 is 0 Å². The van der Waals surface area contributed by atoms with Crippen molar-refractivity contribution >= 4 is 17.3 Å². The van der Waals surface area contributed by atoms with Gasteiger partial charge in [0.05, 0.1) is 0 Å². The second-order valence-electron chi connectivity index (χ2n) is 4.43. The Labute approximate surface area is 124 Å². The Kier molecular flexibility index (Phi) is 5.97. The van der Waals surface area contributed by atoms with E-state index >= 15 is 0 Å². The SMILES string of the molecule is C=C/C(C)=C\C(C#N)=NCC(=O)c1ccccc1C(C)=O. The van der Waals surface area contributed by atoms with Crippen molar-refractivity contribution < 1.29 is 9.59 Å². The molecule has 0 saturated carbocycles. The molecule has 1 rings (SSSR count). The van der Waals surface area contributed by atoms with Crippen LogP contribution in [0.5, 0.6) is 0 Å². The number of nitriles is 1. The molecule has 0 amide bonds. The molecule has 0 aliphatic carbocycles. The molecule has 0 atom stereocenters. The van der Waals surface area contributed by atoms with Gasteiger partial charge in [-0.05, 0) is 25.5 Å². The first-order valence-electron chi connectivity index (χ1n) is 6.38. The highest BCUT2D eigenvalue weighted by Crippen LogP contribution is 2.10. The molecule has 1 aromatic rings. The first-order chi connectivity index (χ1) is 9.99. The molecule has 0 bridgehead atoms. The lowest BCUT2D eigenvalue weighted by atomic mass is 10.0. The largest absolute Gasteiger partial charge is 0.294 e. The molecule has 106 valence electrons. The zero-order valence-corrected chi connectivity index (χ0v) is 12.1. The van der Waals surface area contributed by atoms with Crippen molar-refractivity contribution in [3.8, 4) is 6.07 Å². The van der Waals surface area contributed by atoms with Crippen LogP contribution < -0.4 is 0 Å². The molecule has 0 aliphatic heterocycles. The summed E-state index contributed by atoms with van der Waals surface area (Å²) in [7, 11) is 0. The lowest BCUT2D eigenvalue weighted by Gasteiger charge is -2.03. The summed E-state index contributed by atoms with van der Waals surface area (Å²) in [6.45, 7) is 6.61. The monoisotopic (exact) mass is 280 g/mol. The van der Waals surface area contributed by atoms with Crippen LogP contribution in [0.1, 0.15) is 34.6 Å². The average molecular weight is 280 g/mol. The van der Waals surface area contributed by atoms with Crippen LogP contribution in [0.2, 0.25) is 0 Å². The van der Waals surface area contributed by atoms with Gasteiger partial charge in [0.15, 0.2) is 11.6 Å². The highest BCUT2D eigenvalue weighted by Gasteiger charge is 2.13. The van der Waals surface area contributed by atoms with Gasteiger partial charge in [0.1, 0.15) is 18.3 Å².